The van der Waals surface area contributed by atoms with Crippen molar-refractivity contribution in [1.82, 2.24) is 9.80 Å². The highest BCUT2D eigenvalue weighted by Gasteiger charge is 2.21. The summed E-state index contributed by atoms with van der Waals surface area (Å²) in [7, 11) is 0. The van der Waals surface area contributed by atoms with Gasteiger partial charge in [0.05, 0.1) is 6.04 Å². The van der Waals surface area contributed by atoms with Gasteiger partial charge >= 0.3 is 0 Å². The predicted octanol–water partition coefficient (Wildman–Crippen LogP) is 1.49. The third kappa shape index (κ3) is 4.78. The lowest BCUT2D eigenvalue weighted by atomic mass is 10.2. The van der Waals surface area contributed by atoms with Gasteiger partial charge in [-0.1, -0.05) is 30.3 Å². The molecule has 1 fully saturated rings. The molecular formula is C15H24ClN3O. The Hall–Kier alpha value is -1.10. The zero-order chi connectivity index (χ0) is 13.7. The fourth-order valence-electron chi connectivity index (χ4n) is 2.48. The Kier molecular flexibility index (Phi) is 6.99. The molecule has 1 amide bonds. The smallest absolute Gasteiger partial charge is 0.239 e. The van der Waals surface area contributed by atoms with E-state index in [-0.39, 0.29) is 24.4 Å². The molecule has 1 unspecified atom stereocenters. The maximum Gasteiger partial charge on any atom is 0.239 e. The first kappa shape index (κ1) is 17.0. The lowest BCUT2D eigenvalue weighted by molar-refractivity contribution is -0.132. The third-order valence-electron chi connectivity index (χ3n) is 3.54. The van der Waals surface area contributed by atoms with E-state index >= 15 is 0 Å². The Bertz CT molecular complexity index is 411. The first-order valence-electron chi connectivity index (χ1n) is 6.97. The van der Waals surface area contributed by atoms with Crippen LogP contribution in [-0.4, -0.2) is 47.9 Å². The molecule has 20 heavy (non-hydrogen) atoms. The fourth-order valence-corrected chi connectivity index (χ4v) is 2.48. The van der Waals surface area contributed by atoms with Crippen LogP contribution in [0.1, 0.15) is 18.9 Å². The van der Waals surface area contributed by atoms with Crippen molar-refractivity contribution in [2.24, 2.45) is 5.73 Å². The largest absolute Gasteiger partial charge is 0.340 e. The highest BCUT2D eigenvalue weighted by atomic mass is 35.5. The lowest BCUT2D eigenvalue weighted by Gasteiger charge is -2.23. The van der Waals surface area contributed by atoms with E-state index in [1.165, 1.54) is 5.56 Å². The van der Waals surface area contributed by atoms with Crippen LogP contribution < -0.4 is 5.73 Å². The summed E-state index contributed by atoms with van der Waals surface area (Å²) in [5.74, 6) is 0.0709. The maximum absolute atomic E-state index is 11.9. The van der Waals surface area contributed by atoms with E-state index in [9.17, 15) is 4.79 Å². The first-order chi connectivity index (χ1) is 9.16. The van der Waals surface area contributed by atoms with Gasteiger partial charge in [0.1, 0.15) is 0 Å². The summed E-state index contributed by atoms with van der Waals surface area (Å²) in [4.78, 5) is 16.2. The summed E-state index contributed by atoms with van der Waals surface area (Å²) in [6, 6.07) is 10.1. The van der Waals surface area contributed by atoms with E-state index in [2.05, 4.69) is 29.2 Å². The summed E-state index contributed by atoms with van der Waals surface area (Å²) < 4.78 is 0. The number of nitrogens with zero attached hydrogens (tertiary/aromatic N) is 2. The Morgan fingerprint density at radius 2 is 1.90 bits per heavy atom. The number of halogens is 1. The van der Waals surface area contributed by atoms with Crippen LogP contribution >= 0.6 is 12.4 Å². The van der Waals surface area contributed by atoms with Gasteiger partial charge in [-0.3, -0.25) is 9.69 Å². The molecule has 1 atom stereocenters. The van der Waals surface area contributed by atoms with Crippen LogP contribution in [0.3, 0.4) is 0 Å². The quantitative estimate of drug-likeness (QED) is 0.920. The number of nitrogens with two attached hydrogens (primary N) is 1. The van der Waals surface area contributed by atoms with E-state index in [4.69, 9.17) is 5.73 Å². The van der Waals surface area contributed by atoms with Gasteiger partial charge in [0.15, 0.2) is 0 Å². The van der Waals surface area contributed by atoms with Crippen molar-refractivity contribution in [2.45, 2.75) is 25.9 Å². The minimum absolute atomic E-state index is 0. The molecule has 0 saturated carbocycles. The SMILES string of the molecule is CC(N)C(=O)N1CCCN(Cc2ccccc2)CC1.Cl. The Labute approximate surface area is 127 Å². The van der Waals surface area contributed by atoms with Crippen LogP contribution in [0.4, 0.5) is 0 Å². The predicted molar refractivity (Wildman–Crippen MR) is 83.8 cm³/mol. The summed E-state index contributed by atoms with van der Waals surface area (Å²) >= 11 is 0. The third-order valence-corrected chi connectivity index (χ3v) is 3.54. The lowest BCUT2D eigenvalue weighted by Crippen LogP contribution is -2.43. The van der Waals surface area contributed by atoms with Gasteiger partial charge in [-0.2, -0.15) is 0 Å². The van der Waals surface area contributed by atoms with Crippen molar-refractivity contribution < 1.29 is 4.79 Å². The highest BCUT2D eigenvalue weighted by Crippen LogP contribution is 2.09. The summed E-state index contributed by atoms with van der Waals surface area (Å²) in [5.41, 5.74) is 7.00. The van der Waals surface area contributed by atoms with E-state index in [1.807, 2.05) is 11.0 Å². The molecular weight excluding hydrogens is 274 g/mol. The normalized spacial score (nSPS) is 18.0. The maximum atomic E-state index is 11.9. The van der Waals surface area contributed by atoms with Crippen molar-refractivity contribution >= 4 is 18.3 Å². The highest BCUT2D eigenvalue weighted by molar-refractivity contribution is 5.85. The summed E-state index contributed by atoms with van der Waals surface area (Å²) in [6.45, 7) is 6.29. The summed E-state index contributed by atoms with van der Waals surface area (Å²) in [6.07, 6.45) is 1.02. The van der Waals surface area contributed by atoms with Crippen LogP contribution in [0.2, 0.25) is 0 Å². The van der Waals surface area contributed by atoms with E-state index in [0.717, 1.165) is 39.1 Å². The molecule has 0 spiro atoms. The number of hydrogen-bond acceptors (Lipinski definition) is 3. The second-order valence-corrected chi connectivity index (χ2v) is 5.23. The van der Waals surface area contributed by atoms with E-state index in [1.54, 1.807) is 6.92 Å². The Balaban J connectivity index is 0.00000200. The van der Waals surface area contributed by atoms with E-state index < -0.39 is 0 Å². The first-order valence-corrected chi connectivity index (χ1v) is 6.97. The zero-order valence-corrected chi connectivity index (χ0v) is 12.8. The van der Waals surface area contributed by atoms with Crippen LogP contribution in [-0.2, 0) is 11.3 Å². The van der Waals surface area contributed by atoms with Crippen LogP contribution in [0.5, 0.6) is 0 Å². The molecule has 0 bridgehead atoms. The molecule has 1 aliphatic heterocycles. The number of benzene rings is 1. The van der Waals surface area contributed by atoms with Gasteiger partial charge in [0.25, 0.3) is 0 Å². The average Bonchev–Trinajstić information content (AvgIpc) is 2.64. The molecule has 0 aromatic heterocycles. The van der Waals surface area contributed by atoms with Gasteiger partial charge in [-0.15, -0.1) is 12.4 Å². The monoisotopic (exact) mass is 297 g/mol. The molecule has 2 rings (SSSR count). The zero-order valence-electron chi connectivity index (χ0n) is 12.0. The molecule has 5 heteroatoms. The fraction of sp³-hybridized carbons (Fsp3) is 0.533. The van der Waals surface area contributed by atoms with Crippen molar-refractivity contribution in [3.8, 4) is 0 Å². The number of carbonyl (C=O) groups is 1. The van der Waals surface area contributed by atoms with Crippen molar-refractivity contribution in [1.29, 1.82) is 0 Å². The molecule has 1 aromatic carbocycles. The van der Waals surface area contributed by atoms with Crippen molar-refractivity contribution in [3.05, 3.63) is 35.9 Å². The molecule has 112 valence electrons. The molecule has 2 N–H and O–H groups in total. The second kappa shape index (κ2) is 8.25. The van der Waals surface area contributed by atoms with Crippen LogP contribution in [0.25, 0.3) is 0 Å². The van der Waals surface area contributed by atoms with Gasteiger partial charge in [0.2, 0.25) is 5.91 Å². The average molecular weight is 298 g/mol. The topological polar surface area (TPSA) is 49.6 Å². The molecule has 1 aliphatic rings. The number of carbonyl (C=O) groups excluding carboxylic acids is 1. The standard InChI is InChI=1S/C15H23N3O.ClH/c1-13(16)15(19)18-9-5-8-17(10-11-18)12-14-6-3-2-4-7-14;/h2-4,6-7,13H,5,8-12,16H2,1H3;1H. The van der Waals surface area contributed by atoms with Crippen molar-refractivity contribution in [3.63, 3.8) is 0 Å². The van der Waals surface area contributed by atoms with Crippen LogP contribution in [0, 0.1) is 0 Å². The molecule has 1 saturated heterocycles. The van der Waals surface area contributed by atoms with Gasteiger partial charge < -0.3 is 10.6 Å². The minimum Gasteiger partial charge on any atom is -0.340 e. The van der Waals surface area contributed by atoms with Crippen LogP contribution in [0.15, 0.2) is 30.3 Å². The Morgan fingerprint density at radius 1 is 1.20 bits per heavy atom. The second-order valence-electron chi connectivity index (χ2n) is 5.23. The van der Waals surface area contributed by atoms with Gasteiger partial charge in [0, 0.05) is 32.7 Å². The molecule has 1 aromatic rings. The minimum atomic E-state index is -0.388. The Morgan fingerprint density at radius 3 is 2.55 bits per heavy atom. The van der Waals surface area contributed by atoms with E-state index in [0.29, 0.717) is 0 Å². The summed E-state index contributed by atoms with van der Waals surface area (Å²) in [5, 5.41) is 0. The van der Waals surface area contributed by atoms with Crippen molar-refractivity contribution in [2.75, 3.05) is 26.2 Å². The number of hydrogen-bond donors (Lipinski definition) is 1. The molecule has 4 nitrogen and oxygen atoms in total. The molecule has 0 aliphatic carbocycles. The van der Waals surface area contributed by atoms with Gasteiger partial charge in [-0.25, -0.2) is 0 Å². The molecule has 0 radical (unpaired) electrons. The number of rotatable bonds is 3. The van der Waals surface area contributed by atoms with Gasteiger partial charge in [-0.05, 0) is 18.9 Å². The number of amides is 1. The molecule has 1 heterocycles.